The molecule has 30 heavy (non-hydrogen) atoms. The second-order valence-electron chi connectivity index (χ2n) is 7.27. The van der Waals surface area contributed by atoms with E-state index in [9.17, 15) is 5.11 Å². The first-order valence-corrected chi connectivity index (χ1v) is 9.83. The zero-order valence-electron chi connectivity index (χ0n) is 16.4. The van der Waals surface area contributed by atoms with Gasteiger partial charge in [-0.15, -0.1) is 0 Å². The van der Waals surface area contributed by atoms with Gasteiger partial charge in [0.25, 0.3) is 0 Å². The molecule has 1 aliphatic rings. The Bertz CT molecular complexity index is 979. The van der Waals surface area contributed by atoms with E-state index >= 15 is 0 Å². The number of aliphatic hydroxyl groups excluding tert-OH is 1. The average Bonchev–Trinajstić information content (AvgIpc) is 3.18. The van der Waals surface area contributed by atoms with Gasteiger partial charge < -0.3 is 20.6 Å². The molecule has 0 spiro atoms. The number of para-hydroxylation sites is 2. The minimum absolute atomic E-state index is 0.0904. The molecule has 4 rings (SSSR count). The van der Waals surface area contributed by atoms with Crippen LogP contribution in [0.1, 0.15) is 31.2 Å². The maximum atomic E-state index is 9.57. The monoisotopic (exact) mass is 411 g/mol. The zero-order valence-corrected chi connectivity index (χ0v) is 16.4. The van der Waals surface area contributed by atoms with Crippen LogP contribution in [-0.2, 0) is 16.1 Å². The van der Waals surface area contributed by atoms with Crippen LogP contribution in [0.25, 0.3) is 16.7 Å². The van der Waals surface area contributed by atoms with Gasteiger partial charge in [-0.2, -0.15) is 0 Å². The number of carboxylic acids is 2. The zero-order chi connectivity index (χ0) is 21.5. The standard InChI is InChI=1S/C20H23N3O.C2H2O4/c24-18-11-7-16(8-12-18)21-13-15-5-9-17(10-6-15)23-14-22-19-3-1-2-4-20(19)23;3-1(4)2(5)6/h1-6,9-10,14,16,18,21,24H,7-8,11-13H2;(H,3,4)(H,5,6). The van der Waals surface area contributed by atoms with Crippen LogP contribution in [0.15, 0.2) is 54.9 Å². The molecular formula is C22H25N3O5. The van der Waals surface area contributed by atoms with Gasteiger partial charge >= 0.3 is 11.9 Å². The smallest absolute Gasteiger partial charge is 0.414 e. The molecule has 4 N–H and O–H groups in total. The summed E-state index contributed by atoms with van der Waals surface area (Å²) in [5, 5.41) is 28.0. The van der Waals surface area contributed by atoms with Gasteiger partial charge in [-0.3, -0.25) is 4.57 Å². The summed E-state index contributed by atoms with van der Waals surface area (Å²) in [6.07, 6.45) is 5.77. The molecule has 158 valence electrons. The topological polar surface area (TPSA) is 125 Å². The van der Waals surface area contributed by atoms with Gasteiger partial charge in [-0.25, -0.2) is 14.6 Å². The molecule has 8 heteroatoms. The largest absolute Gasteiger partial charge is 0.473 e. The van der Waals surface area contributed by atoms with Crippen LogP contribution >= 0.6 is 0 Å². The first kappa shape index (κ1) is 21.5. The second kappa shape index (κ2) is 10.00. The maximum Gasteiger partial charge on any atom is 0.414 e. The molecule has 1 saturated carbocycles. The molecule has 0 unspecified atom stereocenters. The van der Waals surface area contributed by atoms with Crippen molar-refractivity contribution in [1.29, 1.82) is 0 Å². The van der Waals surface area contributed by atoms with E-state index in [-0.39, 0.29) is 6.10 Å². The molecule has 0 aliphatic heterocycles. The Kier molecular flexibility index (Phi) is 7.16. The van der Waals surface area contributed by atoms with Gasteiger partial charge in [0.15, 0.2) is 0 Å². The summed E-state index contributed by atoms with van der Waals surface area (Å²) < 4.78 is 2.12. The third-order valence-corrected chi connectivity index (χ3v) is 5.14. The molecule has 3 aromatic rings. The van der Waals surface area contributed by atoms with Crippen LogP contribution in [0.4, 0.5) is 0 Å². The molecule has 1 aliphatic carbocycles. The highest BCUT2D eigenvalue weighted by atomic mass is 16.4. The summed E-state index contributed by atoms with van der Waals surface area (Å²) in [7, 11) is 0. The van der Waals surface area contributed by atoms with E-state index in [2.05, 4.69) is 45.2 Å². The number of carbonyl (C=O) groups is 2. The lowest BCUT2D eigenvalue weighted by Gasteiger charge is -2.26. The molecule has 2 aromatic carbocycles. The van der Waals surface area contributed by atoms with Crippen LogP contribution in [0, 0.1) is 0 Å². The van der Waals surface area contributed by atoms with E-state index in [1.807, 2.05) is 24.5 Å². The number of aromatic nitrogens is 2. The number of aliphatic carboxylic acids is 2. The van der Waals surface area contributed by atoms with Gasteiger partial charge in [0.05, 0.1) is 17.1 Å². The molecule has 0 amide bonds. The molecule has 0 radical (unpaired) electrons. The Morgan fingerprint density at radius 1 is 0.967 bits per heavy atom. The van der Waals surface area contributed by atoms with Crippen LogP contribution in [0.5, 0.6) is 0 Å². The van der Waals surface area contributed by atoms with E-state index in [0.717, 1.165) is 48.9 Å². The number of fused-ring (bicyclic) bond motifs is 1. The Morgan fingerprint density at radius 3 is 2.23 bits per heavy atom. The Morgan fingerprint density at radius 2 is 1.60 bits per heavy atom. The molecule has 0 bridgehead atoms. The van der Waals surface area contributed by atoms with Crippen molar-refractivity contribution in [3.8, 4) is 5.69 Å². The number of rotatable bonds is 4. The minimum atomic E-state index is -1.82. The summed E-state index contributed by atoms with van der Waals surface area (Å²) in [6, 6.07) is 17.4. The molecule has 1 aromatic heterocycles. The highest BCUT2D eigenvalue weighted by Gasteiger charge is 2.18. The third kappa shape index (κ3) is 5.65. The van der Waals surface area contributed by atoms with Crippen molar-refractivity contribution < 1.29 is 24.9 Å². The highest BCUT2D eigenvalue weighted by molar-refractivity contribution is 6.27. The number of imidazole rings is 1. The number of hydrogen-bond acceptors (Lipinski definition) is 5. The number of hydrogen-bond donors (Lipinski definition) is 4. The van der Waals surface area contributed by atoms with Crippen molar-refractivity contribution in [3.05, 3.63) is 60.4 Å². The van der Waals surface area contributed by atoms with Crippen molar-refractivity contribution in [3.63, 3.8) is 0 Å². The SMILES string of the molecule is O=C(O)C(=O)O.OC1CCC(NCc2ccc(-n3cnc4ccccc43)cc2)CC1. The van der Waals surface area contributed by atoms with E-state index < -0.39 is 11.9 Å². The van der Waals surface area contributed by atoms with Gasteiger partial charge in [0.2, 0.25) is 0 Å². The molecule has 1 fully saturated rings. The van der Waals surface area contributed by atoms with Crippen molar-refractivity contribution in [2.75, 3.05) is 0 Å². The average molecular weight is 411 g/mol. The molecular weight excluding hydrogens is 386 g/mol. The first-order valence-electron chi connectivity index (χ1n) is 9.83. The Balaban J connectivity index is 0.000000377. The van der Waals surface area contributed by atoms with Crippen molar-refractivity contribution in [2.45, 2.75) is 44.4 Å². The third-order valence-electron chi connectivity index (χ3n) is 5.14. The summed E-state index contributed by atoms with van der Waals surface area (Å²) >= 11 is 0. The molecule has 0 atom stereocenters. The summed E-state index contributed by atoms with van der Waals surface area (Å²) in [6.45, 7) is 0.881. The fourth-order valence-electron chi connectivity index (χ4n) is 3.48. The van der Waals surface area contributed by atoms with Gasteiger partial charge in [0.1, 0.15) is 6.33 Å². The van der Waals surface area contributed by atoms with Gasteiger partial charge in [-0.1, -0.05) is 24.3 Å². The van der Waals surface area contributed by atoms with E-state index in [0.29, 0.717) is 6.04 Å². The van der Waals surface area contributed by atoms with Crippen LogP contribution in [-0.4, -0.2) is 49.0 Å². The van der Waals surface area contributed by atoms with Gasteiger partial charge in [-0.05, 0) is 55.5 Å². The summed E-state index contributed by atoms with van der Waals surface area (Å²) in [4.78, 5) is 22.7. The second-order valence-corrected chi connectivity index (χ2v) is 7.27. The summed E-state index contributed by atoms with van der Waals surface area (Å²) in [5.41, 5.74) is 4.56. The lowest BCUT2D eigenvalue weighted by Crippen LogP contribution is -2.34. The van der Waals surface area contributed by atoms with Crippen LogP contribution in [0.2, 0.25) is 0 Å². The maximum absolute atomic E-state index is 9.57. The van der Waals surface area contributed by atoms with Crippen molar-refractivity contribution >= 4 is 23.0 Å². The number of benzene rings is 2. The fourth-order valence-corrected chi connectivity index (χ4v) is 3.48. The molecule has 1 heterocycles. The normalized spacial score (nSPS) is 18.4. The number of carboxylic acid groups (broad SMARTS) is 2. The fraction of sp³-hybridized carbons (Fsp3) is 0.318. The number of aliphatic hydroxyl groups is 1. The van der Waals surface area contributed by atoms with Crippen molar-refractivity contribution in [1.82, 2.24) is 14.9 Å². The predicted octanol–water partition coefficient (Wildman–Crippen LogP) is 2.57. The lowest BCUT2D eigenvalue weighted by atomic mass is 9.93. The Hall–Kier alpha value is -3.23. The van der Waals surface area contributed by atoms with Crippen LogP contribution < -0.4 is 5.32 Å². The van der Waals surface area contributed by atoms with Crippen LogP contribution in [0.3, 0.4) is 0 Å². The first-order chi connectivity index (χ1) is 14.4. The summed E-state index contributed by atoms with van der Waals surface area (Å²) in [5.74, 6) is -3.65. The highest BCUT2D eigenvalue weighted by Crippen LogP contribution is 2.20. The number of nitrogens with zero attached hydrogens (tertiary/aromatic N) is 2. The lowest BCUT2D eigenvalue weighted by molar-refractivity contribution is -0.159. The van der Waals surface area contributed by atoms with Gasteiger partial charge in [0, 0.05) is 18.3 Å². The molecule has 0 saturated heterocycles. The molecule has 8 nitrogen and oxygen atoms in total. The van der Waals surface area contributed by atoms with E-state index in [1.54, 1.807) is 0 Å². The quantitative estimate of drug-likeness (QED) is 0.486. The Labute approximate surface area is 173 Å². The number of nitrogens with one attached hydrogen (secondary N) is 1. The minimum Gasteiger partial charge on any atom is -0.473 e. The van der Waals surface area contributed by atoms with E-state index in [1.165, 1.54) is 5.56 Å². The van der Waals surface area contributed by atoms with Crippen molar-refractivity contribution in [2.24, 2.45) is 0 Å². The predicted molar refractivity (Wildman–Crippen MR) is 111 cm³/mol. The van der Waals surface area contributed by atoms with E-state index in [4.69, 9.17) is 19.8 Å².